The van der Waals surface area contributed by atoms with Gasteiger partial charge < -0.3 is 14.8 Å². The molecular weight excluding hydrogens is 242 g/mol. The smallest absolute Gasteiger partial charge is 0.247 e. The topological polar surface area (TPSA) is 71.2 Å². The molecule has 0 aliphatic carbocycles. The largest absolute Gasteiger partial charge is 0.508 e. The lowest BCUT2D eigenvalue weighted by Crippen LogP contribution is -2.20. The van der Waals surface area contributed by atoms with Crippen molar-refractivity contribution in [2.45, 2.75) is 33.2 Å². The molecule has 0 amide bonds. The number of phenolic OH excluding ortho intramolecular Hbond substituents is 1. The summed E-state index contributed by atoms with van der Waals surface area (Å²) in [5, 5.41) is 21.1. The summed E-state index contributed by atoms with van der Waals surface area (Å²) < 4.78 is 5.67. The van der Waals surface area contributed by atoms with E-state index in [-0.39, 0.29) is 11.8 Å². The molecule has 19 heavy (non-hydrogen) atoms. The van der Waals surface area contributed by atoms with Crippen LogP contribution in [-0.2, 0) is 0 Å². The third kappa shape index (κ3) is 2.93. The van der Waals surface area contributed by atoms with Gasteiger partial charge in [-0.1, -0.05) is 19.9 Å². The number of hydrogen-bond donors (Lipinski definition) is 2. The zero-order valence-electron chi connectivity index (χ0n) is 11.5. The molecule has 2 rings (SSSR count). The lowest BCUT2D eigenvalue weighted by Gasteiger charge is -2.10. The van der Waals surface area contributed by atoms with Gasteiger partial charge in [0.05, 0.1) is 6.04 Å². The molecule has 0 fully saturated rings. The lowest BCUT2D eigenvalue weighted by molar-refractivity contribution is 0.401. The molecule has 1 unspecified atom stereocenters. The maximum Gasteiger partial charge on any atom is 0.247 e. The van der Waals surface area contributed by atoms with Crippen LogP contribution in [0.25, 0.3) is 11.5 Å². The van der Waals surface area contributed by atoms with E-state index in [1.54, 1.807) is 6.07 Å². The number of phenols is 1. The van der Waals surface area contributed by atoms with Crippen LogP contribution in [0.1, 0.15) is 37.8 Å². The van der Waals surface area contributed by atoms with E-state index < -0.39 is 0 Å². The first kappa shape index (κ1) is 13.5. The molecule has 0 saturated carbocycles. The molecule has 1 heterocycles. The third-order valence-corrected chi connectivity index (χ3v) is 3.05. The summed E-state index contributed by atoms with van der Waals surface area (Å²) in [7, 11) is 0. The standard InChI is InChI=1S/C14H19N3O2/c1-4-11(15-5-2)14-17-16-13(19-14)10-7-6-9(3)12(18)8-10/h6-8,11,15,18H,4-5H2,1-3H3. The number of benzene rings is 1. The minimum absolute atomic E-state index is 0.0743. The van der Waals surface area contributed by atoms with E-state index in [0.717, 1.165) is 24.1 Å². The Morgan fingerprint density at radius 2 is 2.11 bits per heavy atom. The Bertz CT molecular complexity index is 551. The summed E-state index contributed by atoms with van der Waals surface area (Å²) in [5.74, 6) is 1.25. The molecule has 0 bridgehead atoms. The third-order valence-electron chi connectivity index (χ3n) is 3.05. The van der Waals surface area contributed by atoms with E-state index in [9.17, 15) is 5.11 Å². The second kappa shape index (κ2) is 5.84. The zero-order valence-corrected chi connectivity index (χ0v) is 11.5. The summed E-state index contributed by atoms with van der Waals surface area (Å²) >= 11 is 0. The Morgan fingerprint density at radius 3 is 2.74 bits per heavy atom. The highest BCUT2D eigenvalue weighted by Crippen LogP contribution is 2.26. The molecule has 0 spiro atoms. The van der Waals surface area contributed by atoms with Crippen molar-refractivity contribution in [3.63, 3.8) is 0 Å². The van der Waals surface area contributed by atoms with E-state index in [1.165, 1.54) is 0 Å². The van der Waals surface area contributed by atoms with Crippen molar-refractivity contribution in [2.75, 3.05) is 6.54 Å². The Balaban J connectivity index is 2.27. The van der Waals surface area contributed by atoms with Crippen LogP contribution < -0.4 is 5.32 Å². The van der Waals surface area contributed by atoms with Crippen molar-refractivity contribution >= 4 is 0 Å². The first-order chi connectivity index (χ1) is 9.15. The number of aromatic hydroxyl groups is 1. The summed E-state index contributed by atoms with van der Waals surface area (Å²) in [4.78, 5) is 0. The molecule has 1 aromatic carbocycles. The average molecular weight is 261 g/mol. The highest BCUT2D eigenvalue weighted by molar-refractivity contribution is 5.57. The van der Waals surface area contributed by atoms with Crippen LogP contribution in [-0.4, -0.2) is 21.8 Å². The van der Waals surface area contributed by atoms with Crippen molar-refractivity contribution in [1.29, 1.82) is 0 Å². The average Bonchev–Trinajstić information content (AvgIpc) is 2.88. The number of hydrogen-bond acceptors (Lipinski definition) is 5. The fraction of sp³-hybridized carbons (Fsp3) is 0.429. The van der Waals surface area contributed by atoms with Crippen molar-refractivity contribution in [3.05, 3.63) is 29.7 Å². The molecule has 5 nitrogen and oxygen atoms in total. The summed E-state index contributed by atoms with van der Waals surface area (Å²) in [6, 6.07) is 5.41. The minimum atomic E-state index is 0.0743. The van der Waals surface area contributed by atoms with E-state index in [4.69, 9.17) is 4.42 Å². The molecule has 0 aliphatic heterocycles. The van der Waals surface area contributed by atoms with E-state index >= 15 is 0 Å². The second-order valence-corrected chi connectivity index (χ2v) is 4.47. The number of aromatic nitrogens is 2. The van der Waals surface area contributed by atoms with Gasteiger partial charge in [0.15, 0.2) is 0 Å². The van der Waals surface area contributed by atoms with Gasteiger partial charge in [-0.3, -0.25) is 0 Å². The Morgan fingerprint density at radius 1 is 1.32 bits per heavy atom. The van der Waals surface area contributed by atoms with Gasteiger partial charge in [0, 0.05) is 5.56 Å². The molecule has 1 atom stereocenters. The maximum atomic E-state index is 9.71. The van der Waals surface area contributed by atoms with Gasteiger partial charge in [0.25, 0.3) is 0 Å². The van der Waals surface area contributed by atoms with Crippen LogP contribution in [0.15, 0.2) is 22.6 Å². The SMILES string of the molecule is CCNC(CC)c1nnc(-c2ccc(C)c(O)c2)o1. The summed E-state index contributed by atoms with van der Waals surface area (Å²) in [5.41, 5.74) is 1.55. The molecule has 2 aromatic rings. The second-order valence-electron chi connectivity index (χ2n) is 4.47. The molecule has 5 heteroatoms. The first-order valence-electron chi connectivity index (χ1n) is 6.52. The lowest BCUT2D eigenvalue weighted by atomic mass is 10.1. The number of aryl methyl sites for hydroxylation is 1. The zero-order chi connectivity index (χ0) is 13.8. The van der Waals surface area contributed by atoms with Gasteiger partial charge in [-0.05, 0) is 37.6 Å². The predicted octanol–water partition coefficient (Wildman–Crippen LogP) is 2.81. The quantitative estimate of drug-likeness (QED) is 0.866. The highest BCUT2D eigenvalue weighted by atomic mass is 16.4. The van der Waals surface area contributed by atoms with Gasteiger partial charge in [-0.15, -0.1) is 10.2 Å². The van der Waals surface area contributed by atoms with Crippen LogP contribution in [0.4, 0.5) is 0 Å². The number of nitrogens with one attached hydrogen (secondary N) is 1. The van der Waals surface area contributed by atoms with Crippen LogP contribution >= 0.6 is 0 Å². The van der Waals surface area contributed by atoms with Gasteiger partial charge in [-0.25, -0.2) is 0 Å². The highest BCUT2D eigenvalue weighted by Gasteiger charge is 2.16. The van der Waals surface area contributed by atoms with E-state index in [0.29, 0.717) is 11.8 Å². The molecule has 0 aliphatic rings. The van der Waals surface area contributed by atoms with Crippen molar-refractivity contribution in [3.8, 4) is 17.2 Å². The van der Waals surface area contributed by atoms with Crippen LogP contribution in [0.3, 0.4) is 0 Å². The minimum Gasteiger partial charge on any atom is -0.508 e. The monoisotopic (exact) mass is 261 g/mol. The molecule has 1 aromatic heterocycles. The van der Waals surface area contributed by atoms with Crippen LogP contribution in [0.5, 0.6) is 5.75 Å². The van der Waals surface area contributed by atoms with E-state index in [1.807, 2.05) is 26.0 Å². The van der Waals surface area contributed by atoms with Gasteiger partial charge >= 0.3 is 0 Å². The van der Waals surface area contributed by atoms with Crippen LogP contribution in [0.2, 0.25) is 0 Å². The maximum absolute atomic E-state index is 9.71. The van der Waals surface area contributed by atoms with Crippen LogP contribution in [0, 0.1) is 6.92 Å². The molecule has 0 radical (unpaired) electrons. The van der Waals surface area contributed by atoms with Crippen molar-refractivity contribution in [1.82, 2.24) is 15.5 Å². The Labute approximate surface area is 112 Å². The fourth-order valence-corrected chi connectivity index (χ4v) is 1.89. The molecule has 2 N–H and O–H groups in total. The fourth-order valence-electron chi connectivity index (χ4n) is 1.89. The molecule has 102 valence electrons. The van der Waals surface area contributed by atoms with Crippen molar-refractivity contribution in [2.24, 2.45) is 0 Å². The predicted molar refractivity (Wildman–Crippen MR) is 72.8 cm³/mol. The van der Waals surface area contributed by atoms with Gasteiger partial charge in [0.1, 0.15) is 5.75 Å². The van der Waals surface area contributed by atoms with Gasteiger partial charge in [0.2, 0.25) is 11.8 Å². The van der Waals surface area contributed by atoms with Crippen molar-refractivity contribution < 1.29 is 9.52 Å². The summed E-state index contributed by atoms with van der Waals surface area (Å²) in [6.45, 7) is 6.80. The Hall–Kier alpha value is -1.88. The van der Waals surface area contributed by atoms with E-state index in [2.05, 4.69) is 22.4 Å². The summed E-state index contributed by atoms with van der Waals surface area (Å²) in [6.07, 6.45) is 0.884. The Kier molecular flexibility index (Phi) is 4.16. The van der Waals surface area contributed by atoms with Gasteiger partial charge in [-0.2, -0.15) is 0 Å². The number of nitrogens with zero attached hydrogens (tertiary/aromatic N) is 2. The normalized spacial score (nSPS) is 12.6. The molecule has 0 saturated heterocycles. The first-order valence-corrected chi connectivity index (χ1v) is 6.52. The number of rotatable bonds is 5. The molecular formula is C14H19N3O2.